The van der Waals surface area contributed by atoms with Crippen LogP contribution in [0.2, 0.25) is 0 Å². The lowest BCUT2D eigenvalue weighted by molar-refractivity contribution is -0.108. The molecule has 1 saturated carbocycles. The van der Waals surface area contributed by atoms with Crippen LogP contribution in [0.25, 0.3) is 0 Å². The lowest BCUT2D eigenvalue weighted by Crippen LogP contribution is -2.41. The molecule has 3 rings (SSSR count). The number of benzene rings is 1. The van der Waals surface area contributed by atoms with Gasteiger partial charge in [0.05, 0.1) is 12.2 Å². The third-order valence-corrected chi connectivity index (χ3v) is 4.79. The average molecular weight is 289 g/mol. The molecule has 0 aromatic heterocycles. The Morgan fingerprint density at radius 2 is 2.10 bits per heavy atom. The predicted molar refractivity (Wildman–Crippen MR) is 84.6 cm³/mol. The largest absolute Gasteiger partial charge is 0.490 e. The van der Waals surface area contributed by atoms with Crippen LogP contribution < -0.4 is 10.1 Å². The van der Waals surface area contributed by atoms with Crippen LogP contribution in [-0.2, 0) is 11.3 Å². The third-order valence-electron chi connectivity index (χ3n) is 4.79. The standard InChI is InChI=1S/C18H27NO2/c1-2-19-14-15-7-3-4-8-17(15)21-16-9-12-20-18(13-16)10-5-6-11-18/h3-4,7-8,16,19H,2,5-6,9-14H2,1H3. The van der Waals surface area contributed by atoms with Crippen LogP contribution in [0.3, 0.4) is 0 Å². The van der Waals surface area contributed by atoms with E-state index in [-0.39, 0.29) is 5.60 Å². The van der Waals surface area contributed by atoms with Crippen molar-refractivity contribution in [2.45, 2.75) is 63.7 Å². The lowest BCUT2D eigenvalue weighted by atomic mass is 9.90. The fraction of sp³-hybridized carbons (Fsp3) is 0.667. The molecule has 1 aromatic rings. The van der Waals surface area contributed by atoms with Gasteiger partial charge < -0.3 is 14.8 Å². The van der Waals surface area contributed by atoms with Crippen molar-refractivity contribution in [2.75, 3.05) is 13.2 Å². The molecule has 0 radical (unpaired) electrons. The minimum Gasteiger partial charge on any atom is -0.490 e. The predicted octanol–water partition coefficient (Wildman–Crippen LogP) is 3.67. The minimum atomic E-state index is 0.125. The Balaban J connectivity index is 1.65. The molecule has 1 heterocycles. The van der Waals surface area contributed by atoms with E-state index in [9.17, 15) is 0 Å². The van der Waals surface area contributed by atoms with Gasteiger partial charge in [-0.25, -0.2) is 0 Å². The molecule has 1 spiro atoms. The number of hydrogen-bond acceptors (Lipinski definition) is 3. The van der Waals surface area contributed by atoms with Crippen LogP contribution in [-0.4, -0.2) is 24.9 Å². The van der Waals surface area contributed by atoms with E-state index >= 15 is 0 Å². The first-order valence-electron chi connectivity index (χ1n) is 8.40. The molecule has 2 fully saturated rings. The van der Waals surface area contributed by atoms with Crippen molar-refractivity contribution >= 4 is 0 Å². The molecule has 0 bridgehead atoms. The number of rotatable bonds is 5. The summed E-state index contributed by atoms with van der Waals surface area (Å²) in [5.74, 6) is 1.04. The molecule has 116 valence electrons. The van der Waals surface area contributed by atoms with E-state index in [0.717, 1.165) is 38.3 Å². The van der Waals surface area contributed by atoms with Crippen molar-refractivity contribution < 1.29 is 9.47 Å². The van der Waals surface area contributed by atoms with Gasteiger partial charge in [0.2, 0.25) is 0 Å². The van der Waals surface area contributed by atoms with Crippen molar-refractivity contribution in [3.8, 4) is 5.75 Å². The second-order valence-corrected chi connectivity index (χ2v) is 6.36. The van der Waals surface area contributed by atoms with Gasteiger partial charge in [0.15, 0.2) is 0 Å². The van der Waals surface area contributed by atoms with Gasteiger partial charge in [-0.05, 0) is 25.5 Å². The highest BCUT2D eigenvalue weighted by atomic mass is 16.5. The Hall–Kier alpha value is -1.06. The zero-order chi connectivity index (χ0) is 14.5. The fourth-order valence-corrected chi connectivity index (χ4v) is 3.66. The number of ether oxygens (including phenoxy) is 2. The van der Waals surface area contributed by atoms with Crippen molar-refractivity contribution in [2.24, 2.45) is 0 Å². The Morgan fingerprint density at radius 3 is 2.90 bits per heavy atom. The number of hydrogen-bond donors (Lipinski definition) is 1. The Kier molecular flexibility index (Phi) is 4.81. The van der Waals surface area contributed by atoms with E-state index < -0.39 is 0 Å². The van der Waals surface area contributed by atoms with Crippen molar-refractivity contribution in [3.05, 3.63) is 29.8 Å². The molecule has 1 atom stereocenters. The van der Waals surface area contributed by atoms with Crippen LogP contribution in [0.5, 0.6) is 5.75 Å². The van der Waals surface area contributed by atoms with Crippen LogP contribution in [0.1, 0.15) is 51.0 Å². The monoisotopic (exact) mass is 289 g/mol. The molecule has 1 N–H and O–H groups in total. The van der Waals surface area contributed by atoms with Gasteiger partial charge in [0, 0.05) is 24.9 Å². The van der Waals surface area contributed by atoms with Gasteiger partial charge in [0.1, 0.15) is 11.9 Å². The van der Waals surface area contributed by atoms with E-state index in [0.29, 0.717) is 6.10 Å². The SMILES string of the molecule is CCNCc1ccccc1OC1CCOC2(CCCC2)C1. The first-order chi connectivity index (χ1) is 10.3. The van der Waals surface area contributed by atoms with E-state index in [1.165, 1.54) is 31.2 Å². The topological polar surface area (TPSA) is 30.5 Å². The molecule has 3 nitrogen and oxygen atoms in total. The maximum Gasteiger partial charge on any atom is 0.124 e. The molecule has 0 amide bonds. The molecule has 3 heteroatoms. The first-order valence-corrected chi connectivity index (χ1v) is 8.40. The minimum absolute atomic E-state index is 0.125. The molecule has 1 unspecified atom stereocenters. The van der Waals surface area contributed by atoms with Gasteiger partial charge >= 0.3 is 0 Å². The molecule has 1 aliphatic carbocycles. The van der Waals surface area contributed by atoms with E-state index in [1.54, 1.807) is 0 Å². The summed E-state index contributed by atoms with van der Waals surface area (Å²) in [4.78, 5) is 0. The molecular weight excluding hydrogens is 262 g/mol. The summed E-state index contributed by atoms with van der Waals surface area (Å²) in [5.41, 5.74) is 1.38. The summed E-state index contributed by atoms with van der Waals surface area (Å²) >= 11 is 0. The highest BCUT2D eigenvalue weighted by Gasteiger charge is 2.40. The van der Waals surface area contributed by atoms with Crippen molar-refractivity contribution in [1.29, 1.82) is 0 Å². The Morgan fingerprint density at radius 1 is 1.29 bits per heavy atom. The van der Waals surface area contributed by atoms with Crippen LogP contribution in [0, 0.1) is 0 Å². The van der Waals surface area contributed by atoms with Gasteiger partial charge in [-0.2, -0.15) is 0 Å². The smallest absolute Gasteiger partial charge is 0.124 e. The third kappa shape index (κ3) is 3.58. The van der Waals surface area contributed by atoms with Crippen LogP contribution in [0.15, 0.2) is 24.3 Å². The molecule has 1 aliphatic heterocycles. The van der Waals surface area contributed by atoms with Gasteiger partial charge in [0.25, 0.3) is 0 Å². The maximum absolute atomic E-state index is 6.35. The molecule has 2 aliphatic rings. The first kappa shape index (κ1) is 14.9. The maximum atomic E-state index is 6.35. The summed E-state index contributed by atoms with van der Waals surface area (Å²) in [5, 5.41) is 3.39. The number of para-hydroxylation sites is 1. The number of nitrogens with one attached hydrogen (secondary N) is 1. The fourth-order valence-electron chi connectivity index (χ4n) is 3.66. The Bertz CT molecular complexity index is 454. The molecule has 21 heavy (non-hydrogen) atoms. The zero-order valence-electron chi connectivity index (χ0n) is 13.1. The summed E-state index contributed by atoms with van der Waals surface area (Å²) in [6.45, 7) is 4.83. The summed E-state index contributed by atoms with van der Waals surface area (Å²) in [6.07, 6.45) is 7.42. The molecule has 1 aromatic carbocycles. The quantitative estimate of drug-likeness (QED) is 0.897. The second-order valence-electron chi connectivity index (χ2n) is 6.36. The highest BCUT2D eigenvalue weighted by Crippen LogP contribution is 2.41. The van der Waals surface area contributed by atoms with Crippen molar-refractivity contribution in [3.63, 3.8) is 0 Å². The Labute approximate surface area is 128 Å². The highest BCUT2D eigenvalue weighted by molar-refractivity contribution is 5.33. The van der Waals surface area contributed by atoms with Crippen LogP contribution >= 0.6 is 0 Å². The average Bonchev–Trinajstić information content (AvgIpc) is 2.94. The molecule has 1 saturated heterocycles. The summed E-state index contributed by atoms with van der Waals surface area (Å²) < 4.78 is 12.4. The lowest BCUT2D eigenvalue weighted by Gasteiger charge is -2.38. The van der Waals surface area contributed by atoms with Gasteiger partial charge in [-0.1, -0.05) is 38.0 Å². The van der Waals surface area contributed by atoms with E-state index in [1.807, 2.05) is 0 Å². The summed E-state index contributed by atoms with van der Waals surface area (Å²) in [6, 6.07) is 8.41. The van der Waals surface area contributed by atoms with Gasteiger partial charge in [-0.15, -0.1) is 0 Å². The van der Waals surface area contributed by atoms with Crippen molar-refractivity contribution in [1.82, 2.24) is 5.32 Å². The van der Waals surface area contributed by atoms with E-state index in [4.69, 9.17) is 9.47 Å². The molecular formula is C18H27NO2. The normalized spacial score (nSPS) is 24.3. The van der Waals surface area contributed by atoms with Gasteiger partial charge in [-0.3, -0.25) is 0 Å². The van der Waals surface area contributed by atoms with Crippen LogP contribution in [0.4, 0.5) is 0 Å². The second kappa shape index (κ2) is 6.80. The van der Waals surface area contributed by atoms with E-state index in [2.05, 4.69) is 36.5 Å². The zero-order valence-corrected chi connectivity index (χ0v) is 13.1. The summed E-state index contributed by atoms with van der Waals surface area (Å²) in [7, 11) is 0.